The first kappa shape index (κ1) is 14.9. The van der Waals surface area contributed by atoms with Crippen LogP contribution in [-0.2, 0) is 5.41 Å². The molecule has 2 rings (SSSR count). The van der Waals surface area contributed by atoms with Crippen LogP contribution in [0.1, 0.15) is 25.0 Å². The van der Waals surface area contributed by atoms with Crippen LogP contribution in [0.5, 0.6) is 5.75 Å². The first-order chi connectivity index (χ1) is 7.62. The van der Waals surface area contributed by atoms with Gasteiger partial charge in [-0.05, 0) is 11.6 Å². The molecule has 1 N–H and O–H groups in total. The number of hydrogen-bond donors (Lipinski definition) is 1. The van der Waals surface area contributed by atoms with Crippen LogP contribution >= 0.6 is 0 Å². The summed E-state index contributed by atoms with van der Waals surface area (Å²) >= 11 is 0. The summed E-state index contributed by atoms with van der Waals surface area (Å²) in [5.41, 5.74) is 1.99. The van der Waals surface area contributed by atoms with Crippen LogP contribution in [0.3, 0.4) is 0 Å². The zero-order chi connectivity index (χ0) is 11.6. The minimum atomic E-state index is -0.174. The monoisotopic (exact) mass is 350 g/mol. The molecule has 0 saturated heterocycles. The Morgan fingerprint density at radius 2 is 1.35 bits per heavy atom. The fourth-order valence-electron chi connectivity index (χ4n) is 2.01. The number of aromatic hydroxyl groups is 1. The second-order valence-corrected chi connectivity index (χ2v) is 4.51. The molecule has 0 aliphatic rings. The van der Waals surface area contributed by atoms with Gasteiger partial charge in [-0.1, -0.05) is 62.4 Å². The van der Waals surface area contributed by atoms with Crippen molar-refractivity contribution in [2.45, 2.75) is 19.3 Å². The number of phenolic OH excluding ortho intramolecular Hbond substituents is 1. The molecule has 1 nitrogen and oxygen atoms in total. The molecule has 2 aromatic carbocycles. The third-order valence-corrected chi connectivity index (χ3v) is 3.07. The first-order valence-corrected chi connectivity index (χ1v) is 5.46. The maximum absolute atomic E-state index is 9.91. The van der Waals surface area contributed by atoms with Gasteiger partial charge in [0.25, 0.3) is 0 Å². The van der Waals surface area contributed by atoms with E-state index in [4.69, 9.17) is 0 Å². The van der Waals surface area contributed by atoms with Gasteiger partial charge >= 0.3 is 0 Å². The number of para-hydroxylation sites is 1. The Bertz CT molecular complexity index is 477. The van der Waals surface area contributed by atoms with Gasteiger partial charge < -0.3 is 5.11 Å². The summed E-state index contributed by atoms with van der Waals surface area (Å²) in [6.07, 6.45) is 0. The third kappa shape index (κ3) is 3.18. The summed E-state index contributed by atoms with van der Waals surface area (Å²) in [5, 5.41) is 9.91. The fraction of sp³-hybridized carbons (Fsp3) is 0.200. The molecule has 0 atom stereocenters. The first-order valence-electron chi connectivity index (χ1n) is 5.46. The molecule has 0 amide bonds. The van der Waals surface area contributed by atoms with Crippen molar-refractivity contribution in [3.05, 3.63) is 65.7 Å². The SMILES string of the molecule is CC(C)(c1ccccc1)c1ccccc1O.[Ba]. The van der Waals surface area contributed by atoms with E-state index < -0.39 is 0 Å². The van der Waals surface area contributed by atoms with E-state index in [1.807, 2.05) is 36.4 Å². The Labute approximate surface area is 143 Å². The van der Waals surface area contributed by atoms with Crippen molar-refractivity contribution in [1.29, 1.82) is 0 Å². The van der Waals surface area contributed by atoms with Crippen LogP contribution in [-0.4, -0.2) is 54.0 Å². The summed E-state index contributed by atoms with van der Waals surface area (Å²) in [5.74, 6) is 0.358. The Kier molecular flexibility index (Phi) is 5.35. The van der Waals surface area contributed by atoms with Crippen molar-refractivity contribution >= 4 is 48.9 Å². The number of hydrogen-bond acceptors (Lipinski definition) is 1. The Morgan fingerprint density at radius 3 is 1.94 bits per heavy atom. The summed E-state index contributed by atoms with van der Waals surface area (Å²) in [7, 11) is 0. The fourth-order valence-corrected chi connectivity index (χ4v) is 2.01. The number of rotatable bonds is 2. The molecule has 84 valence electrons. The molecule has 2 aromatic rings. The minimum absolute atomic E-state index is 0. The van der Waals surface area contributed by atoms with E-state index in [2.05, 4.69) is 26.0 Å². The van der Waals surface area contributed by atoms with E-state index >= 15 is 0 Å². The standard InChI is InChI=1S/C15H16O.Ba/c1-15(2,12-8-4-3-5-9-12)13-10-6-7-11-14(13)16;/h3-11,16H,1-2H3;. The quantitative estimate of drug-likeness (QED) is 0.825. The van der Waals surface area contributed by atoms with Gasteiger partial charge in [-0.2, -0.15) is 0 Å². The molecule has 0 aliphatic heterocycles. The van der Waals surface area contributed by atoms with Crippen LogP contribution in [0, 0.1) is 0 Å². The molecule has 0 bridgehead atoms. The van der Waals surface area contributed by atoms with E-state index in [1.165, 1.54) is 5.56 Å². The van der Waals surface area contributed by atoms with Crippen LogP contribution in [0.15, 0.2) is 54.6 Å². The second-order valence-electron chi connectivity index (χ2n) is 4.51. The molecule has 0 fully saturated rings. The molecule has 0 aromatic heterocycles. The zero-order valence-electron chi connectivity index (χ0n) is 10.4. The van der Waals surface area contributed by atoms with Gasteiger partial charge in [0, 0.05) is 59.9 Å². The Balaban J connectivity index is 0.00000144. The van der Waals surface area contributed by atoms with Crippen LogP contribution in [0.2, 0.25) is 0 Å². The predicted octanol–water partition coefficient (Wildman–Crippen LogP) is 3.34. The summed E-state index contributed by atoms with van der Waals surface area (Å²) in [4.78, 5) is 0. The molecule has 0 unspecified atom stereocenters. The van der Waals surface area contributed by atoms with Crippen LogP contribution < -0.4 is 0 Å². The Hall–Kier alpha value is -0.189. The molecule has 0 heterocycles. The smallest absolute Gasteiger partial charge is 0.119 e. The van der Waals surface area contributed by atoms with Crippen molar-refractivity contribution in [2.24, 2.45) is 0 Å². The maximum atomic E-state index is 9.91. The van der Waals surface area contributed by atoms with E-state index in [0.717, 1.165) is 5.56 Å². The molecule has 0 aliphatic carbocycles. The largest absolute Gasteiger partial charge is 0.508 e. The zero-order valence-corrected chi connectivity index (χ0v) is 14.8. The van der Waals surface area contributed by atoms with E-state index in [0.29, 0.717) is 5.75 Å². The minimum Gasteiger partial charge on any atom is -0.508 e. The molecule has 2 heteroatoms. The van der Waals surface area contributed by atoms with E-state index in [9.17, 15) is 5.11 Å². The molecule has 0 spiro atoms. The van der Waals surface area contributed by atoms with E-state index in [-0.39, 0.29) is 54.3 Å². The summed E-state index contributed by atoms with van der Waals surface area (Å²) < 4.78 is 0. The van der Waals surface area contributed by atoms with Crippen molar-refractivity contribution in [3.63, 3.8) is 0 Å². The van der Waals surface area contributed by atoms with Crippen LogP contribution in [0.4, 0.5) is 0 Å². The van der Waals surface area contributed by atoms with Crippen molar-refractivity contribution < 1.29 is 5.11 Å². The van der Waals surface area contributed by atoms with Gasteiger partial charge in [0.1, 0.15) is 5.75 Å². The van der Waals surface area contributed by atoms with Gasteiger partial charge in [-0.25, -0.2) is 0 Å². The molecular weight excluding hydrogens is 333 g/mol. The van der Waals surface area contributed by atoms with E-state index in [1.54, 1.807) is 6.07 Å². The van der Waals surface area contributed by atoms with Gasteiger partial charge in [0.15, 0.2) is 0 Å². The Morgan fingerprint density at radius 1 is 0.824 bits per heavy atom. The topological polar surface area (TPSA) is 20.2 Å². The summed E-state index contributed by atoms with van der Waals surface area (Å²) in [6, 6.07) is 17.7. The predicted molar refractivity (Wildman–Crippen MR) is 72.4 cm³/mol. The van der Waals surface area contributed by atoms with Crippen molar-refractivity contribution in [2.75, 3.05) is 0 Å². The normalized spacial score (nSPS) is 10.7. The third-order valence-electron chi connectivity index (χ3n) is 3.07. The van der Waals surface area contributed by atoms with Gasteiger partial charge in [0.2, 0.25) is 0 Å². The molecular formula is C15H16BaO. The second kappa shape index (κ2) is 6.12. The molecule has 2 radical (unpaired) electrons. The van der Waals surface area contributed by atoms with Crippen molar-refractivity contribution in [3.8, 4) is 5.75 Å². The van der Waals surface area contributed by atoms with Gasteiger partial charge in [-0.3, -0.25) is 0 Å². The van der Waals surface area contributed by atoms with Crippen LogP contribution in [0.25, 0.3) is 0 Å². The maximum Gasteiger partial charge on any atom is 0.119 e. The summed E-state index contributed by atoms with van der Waals surface area (Å²) in [6.45, 7) is 4.24. The number of benzene rings is 2. The van der Waals surface area contributed by atoms with Crippen molar-refractivity contribution in [1.82, 2.24) is 0 Å². The van der Waals surface area contributed by atoms with Gasteiger partial charge in [-0.15, -0.1) is 0 Å². The average Bonchev–Trinajstić information content (AvgIpc) is 2.30. The number of phenols is 1. The molecule has 17 heavy (non-hydrogen) atoms. The molecule has 0 saturated carbocycles. The average molecular weight is 350 g/mol. The van der Waals surface area contributed by atoms with Gasteiger partial charge in [0.05, 0.1) is 0 Å².